The van der Waals surface area contributed by atoms with Crippen molar-refractivity contribution in [2.75, 3.05) is 0 Å². The van der Waals surface area contributed by atoms with Crippen molar-refractivity contribution in [2.45, 2.75) is 26.8 Å². The van der Waals surface area contributed by atoms with Gasteiger partial charge in [0.2, 0.25) is 0 Å². The molecule has 0 bridgehead atoms. The third-order valence-corrected chi connectivity index (χ3v) is 2.81. The molecule has 0 aliphatic rings. The van der Waals surface area contributed by atoms with Crippen LogP contribution in [0.15, 0.2) is 18.2 Å². The minimum absolute atomic E-state index is 0.332. The first kappa shape index (κ1) is 11.9. The van der Waals surface area contributed by atoms with Crippen LogP contribution in [0, 0.1) is 17.2 Å². The molecule has 0 unspecified atom stereocenters. The Hall–Kier alpha value is -1.53. The molecule has 0 saturated heterocycles. The zero-order valence-corrected chi connectivity index (χ0v) is 10.7. The standard InChI is InChI=1S/C13H14ClN3/c1-9(2)8-17-12-4-3-10(14)7-11(12)16-13(17)5-6-15/h3-4,7,9H,5,8H2,1-2H3. The summed E-state index contributed by atoms with van der Waals surface area (Å²) in [4.78, 5) is 4.47. The summed E-state index contributed by atoms with van der Waals surface area (Å²) < 4.78 is 2.11. The smallest absolute Gasteiger partial charge is 0.124 e. The van der Waals surface area contributed by atoms with Crippen molar-refractivity contribution in [1.29, 1.82) is 5.26 Å². The van der Waals surface area contributed by atoms with Crippen LogP contribution in [0.5, 0.6) is 0 Å². The summed E-state index contributed by atoms with van der Waals surface area (Å²) in [6.07, 6.45) is 0.332. The van der Waals surface area contributed by atoms with Gasteiger partial charge in [-0.25, -0.2) is 4.98 Å². The van der Waals surface area contributed by atoms with Crippen LogP contribution in [-0.4, -0.2) is 9.55 Å². The molecule has 1 aromatic carbocycles. The topological polar surface area (TPSA) is 41.6 Å². The molecular formula is C13H14ClN3. The number of nitriles is 1. The van der Waals surface area contributed by atoms with E-state index in [9.17, 15) is 0 Å². The van der Waals surface area contributed by atoms with E-state index in [0.717, 1.165) is 23.4 Å². The van der Waals surface area contributed by atoms with Gasteiger partial charge in [-0.1, -0.05) is 25.4 Å². The van der Waals surface area contributed by atoms with Gasteiger partial charge in [0.15, 0.2) is 0 Å². The van der Waals surface area contributed by atoms with Gasteiger partial charge < -0.3 is 4.57 Å². The highest BCUT2D eigenvalue weighted by molar-refractivity contribution is 6.31. The Kier molecular flexibility index (Phi) is 3.35. The lowest BCUT2D eigenvalue weighted by Crippen LogP contribution is -2.08. The van der Waals surface area contributed by atoms with Crippen LogP contribution < -0.4 is 0 Å². The summed E-state index contributed by atoms with van der Waals surface area (Å²) >= 11 is 5.95. The second-order valence-electron chi connectivity index (χ2n) is 4.50. The second kappa shape index (κ2) is 4.77. The highest BCUT2D eigenvalue weighted by Gasteiger charge is 2.11. The Bertz CT molecular complexity index is 578. The molecule has 1 heterocycles. The van der Waals surface area contributed by atoms with Crippen molar-refractivity contribution in [1.82, 2.24) is 9.55 Å². The largest absolute Gasteiger partial charge is 0.327 e. The molecule has 2 aromatic rings. The van der Waals surface area contributed by atoms with Gasteiger partial charge in [-0.15, -0.1) is 0 Å². The van der Waals surface area contributed by atoms with E-state index < -0.39 is 0 Å². The van der Waals surface area contributed by atoms with E-state index in [0.29, 0.717) is 17.4 Å². The number of fused-ring (bicyclic) bond motifs is 1. The van der Waals surface area contributed by atoms with E-state index >= 15 is 0 Å². The first-order valence-electron chi connectivity index (χ1n) is 5.63. The lowest BCUT2D eigenvalue weighted by atomic mass is 10.2. The maximum atomic E-state index is 8.83. The normalized spacial score (nSPS) is 11.0. The molecule has 0 amide bonds. The van der Waals surface area contributed by atoms with Crippen LogP contribution in [0.3, 0.4) is 0 Å². The Morgan fingerprint density at radius 2 is 2.24 bits per heavy atom. The number of halogens is 1. The van der Waals surface area contributed by atoms with Crippen molar-refractivity contribution in [3.05, 3.63) is 29.0 Å². The molecule has 0 spiro atoms. The molecule has 0 atom stereocenters. The molecule has 2 rings (SSSR count). The molecule has 0 aliphatic carbocycles. The lowest BCUT2D eigenvalue weighted by Gasteiger charge is -2.10. The average Bonchev–Trinajstić information content (AvgIpc) is 2.56. The predicted octanol–water partition coefficient (Wildman–Crippen LogP) is 3.41. The number of nitrogens with zero attached hydrogens (tertiary/aromatic N) is 3. The molecular weight excluding hydrogens is 234 g/mol. The molecule has 0 N–H and O–H groups in total. The van der Waals surface area contributed by atoms with Crippen LogP contribution in [0.4, 0.5) is 0 Å². The number of benzene rings is 1. The molecule has 0 radical (unpaired) electrons. The first-order chi connectivity index (χ1) is 8.11. The summed E-state index contributed by atoms with van der Waals surface area (Å²) in [6, 6.07) is 7.82. The van der Waals surface area contributed by atoms with Gasteiger partial charge in [0.1, 0.15) is 5.82 Å². The zero-order chi connectivity index (χ0) is 12.4. The second-order valence-corrected chi connectivity index (χ2v) is 4.94. The number of rotatable bonds is 3. The van der Waals surface area contributed by atoms with Gasteiger partial charge in [-0.05, 0) is 24.1 Å². The summed E-state index contributed by atoms with van der Waals surface area (Å²) in [5.74, 6) is 1.33. The molecule has 0 fully saturated rings. The summed E-state index contributed by atoms with van der Waals surface area (Å²) in [5.41, 5.74) is 1.91. The van der Waals surface area contributed by atoms with Crippen molar-refractivity contribution in [2.24, 2.45) is 5.92 Å². The highest BCUT2D eigenvalue weighted by atomic mass is 35.5. The van der Waals surface area contributed by atoms with E-state index in [4.69, 9.17) is 16.9 Å². The molecule has 88 valence electrons. The lowest BCUT2D eigenvalue weighted by molar-refractivity contribution is 0.521. The van der Waals surface area contributed by atoms with E-state index in [2.05, 4.69) is 29.5 Å². The quantitative estimate of drug-likeness (QED) is 0.834. The van der Waals surface area contributed by atoms with E-state index in [1.54, 1.807) is 0 Å². The zero-order valence-electron chi connectivity index (χ0n) is 9.94. The van der Waals surface area contributed by atoms with E-state index in [1.807, 2.05) is 18.2 Å². The number of hydrogen-bond donors (Lipinski definition) is 0. The van der Waals surface area contributed by atoms with Crippen molar-refractivity contribution in [3.63, 3.8) is 0 Å². The van der Waals surface area contributed by atoms with Crippen LogP contribution in [0.2, 0.25) is 5.02 Å². The maximum Gasteiger partial charge on any atom is 0.124 e. The minimum Gasteiger partial charge on any atom is -0.327 e. The van der Waals surface area contributed by atoms with Crippen molar-refractivity contribution in [3.8, 4) is 6.07 Å². The minimum atomic E-state index is 0.332. The number of imidazole rings is 1. The first-order valence-corrected chi connectivity index (χ1v) is 6.01. The maximum absolute atomic E-state index is 8.83. The fourth-order valence-corrected chi connectivity index (χ4v) is 2.09. The van der Waals surface area contributed by atoms with Gasteiger partial charge >= 0.3 is 0 Å². The van der Waals surface area contributed by atoms with Crippen LogP contribution in [0.1, 0.15) is 19.7 Å². The molecule has 4 heteroatoms. The Morgan fingerprint density at radius 1 is 1.47 bits per heavy atom. The third-order valence-electron chi connectivity index (χ3n) is 2.57. The summed E-state index contributed by atoms with van der Waals surface area (Å²) in [5, 5.41) is 9.50. The van der Waals surface area contributed by atoms with E-state index in [-0.39, 0.29) is 0 Å². The van der Waals surface area contributed by atoms with Gasteiger partial charge in [0.25, 0.3) is 0 Å². The van der Waals surface area contributed by atoms with Gasteiger partial charge in [0.05, 0.1) is 23.5 Å². The fourth-order valence-electron chi connectivity index (χ4n) is 1.93. The van der Waals surface area contributed by atoms with Crippen molar-refractivity contribution >= 4 is 22.6 Å². The monoisotopic (exact) mass is 247 g/mol. The van der Waals surface area contributed by atoms with Crippen LogP contribution in [-0.2, 0) is 13.0 Å². The Labute approximate surface area is 106 Å². The van der Waals surface area contributed by atoms with E-state index in [1.165, 1.54) is 0 Å². The highest BCUT2D eigenvalue weighted by Crippen LogP contribution is 2.21. The number of aromatic nitrogens is 2. The van der Waals surface area contributed by atoms with Crippen LogP contribution in [0.25, 0.3) is 11.0 Å². The van der Waals surface area contributed by atoms with Crippen LogP contribution >= 0.6 is 11.6 Å². The predicted molar refractivity (Wildman–Crippen MR) is 68.9 cm³/mol. The summed E-state index contributed by atoms with van der Waals surface area (Å²) in [6.45, 7) is 5.17. The molecule has 0 saturated carbocycles. The SMILES string of the molecule is CC(C)Cn1c(CC#N)nc2cc(Cl)ccc21. The van der Waals surface area contributed by atoms with Gasteiger partial charge in [0, 0.05) is 11.6 Å². The third kappa shape index (κ3) is 2.42. The molecule has 3 nitrogen and oxygen atoms in total. The Balaban J connectivity index is 2.59. The Morgan fingerprint density at radius 3 is 2.88 bits per heavy atom. The van der Waals surface area contributed by atoms with Gasteiger partial charge in [-0.3, -0.25) is 0 Å². The molecule has 17 heavy (non-hydrogen) atoms. The molecule has 0 aliphatic heterocycles. The molecule has 1 aromatic heterocycles. The fraction of sp³-hybridized carbons (Fsp3) is 0.385. The van der Waals surface area contributed by atoms with Gasteiger partial charge in [-0.2, -0.15) is 5.26 Å². The average molecular weight is 248 g/mol. The number of hydrogen-bond acceptors (Lipinski definition) is 2. The van der Waals surface area contributed by atoms with Crippen molar-refractivity contribution < 1.29 is 0 Å². The summed E-state index contributed by atoms with van der Waals surface area (Å²) in [7, 11) is 0.